The monoisotopic (exact) mass is 494 g/mol. The molecule has 2 unspecified atom stereocenters. The number of benzene rings is 1. The summed E-state index contributed by atoms with van der Waals surface area (Å²) in [5, 5.41) is 14.2. The average Bonchev–Trinajstić information content (AvgIpc) is 3.27. The molecule has 0 radical (unpaired) electrons. The van der Waals surface area contributed by atoms with Crippen molar-refractivity contribution in [1.29, 1.82) is 0 Å². The standard InChI is InChI=1S/C25H24ClFN6O2/c1-14-4-6-15(7-5-14)21-16(3-2-8-33(21)25(34)35)10-28-24-20(27)13-31-23(32-24)19-12-30-22-18(19)9-17(26)11-29-22/h4-7,9,11-13,16,21H,2-3,8,10H2,1H3,(H,29,30)(H,34,35)(H,28,31,32). The van der Waals surface area contributed by atoms with E-state index >= 15 is 0 Å². The maximum Gasteiger partial charge on any atom is 0.407 e. The zero-order valence-corrected chi connectivity index (χ0v) is 19.8. The Bertz CT molecular complexity index is 1380. The minimum atomic E-state index is -0.956. The van der Waals surface area contributed by atoms with E-state index in [4.69, 9.17) is 11.6 Å². The molecule has 3 N–H and O–H groups in total. The number of amides is 1. The number of aromatic amines is 1. The maximum absolute atomic E-state index is 14.7. The molecule has 180 valence electrons. The predicted octanol–water partition coefficient (Wildman–Crippen LogP) is 5.66. The van der Waals surface area contributed by atoms with Crippen LogP contribution < -0.4 is 5.32 Å². The first-order chi connectivity index (χ1) is 16.9. The molecule has 2 atom stereocenters. The first kappa shape index (κ1) is 23.0. The number of pyridine rings is 1. The predicted molar refractivity (Wildman–Crippen MR) is 132 cm³/mol. The summed E-state index contributed by atoms with van der Waals surface area (Å²) in [5.41, 5.74) is 3.32. The van der Waals surface area contributed by atoms with Gasteiger partial charge in [0, 0.05) is 42.4 Å². The van der Waals surface area contributed by atoms with Crippen LogP contribution >= 0.6 is 11.6 Å². The van der Waals surface area contributed by atoms with E-state index in [1.807, 2.05) is 31.2 Å². The summed E-state index contributed by atoms with van der Waals surface area (Å²) in [6, 6.07) is 9.31. The Hall–Kier alpha value is -3.72. The molecule has 1 aromatic carbocycles. The molecule has 0 saturated carbocycles. The summed E-state index contributed by atoms with van der Waals surface area (Å²) >= 11 is 6.10. The fraction of sp³-hybridized carbons (Fsp3) is 0.280. The summed E-state index contributed by atoms with van der Waals surface area (Å²) in [5.74, 6) is -0.247. The highest BCUT2D eigenvalue weighted by molar-refractivity contribution is 6.31. The first-order valence-corrected chi connectivity index (χ1v) is 11.7. The van der Waals surface area contributed by atoms with Crippen LogP contribution in [0, 0.1) is 18.7 Å². The van der Waals surface area contributed by atoms with E-state index in [-0.39, 0.29) is 17.8 Å². The second-order valence-electron chi connectivity index (χ2n) is 8.76. The zero-order valence-electron chi connectivity index (χ0n) is 19.0. The van der Waals surface area contributed by atoms with Crippen LogP contribution in [-0.4, -0.2) is 49.1 Å². The van der Waals surface area contributed by atoms with Crippen molar-refractivity contribution < 1.29 is 14.3 Å². The van der Waals surface area contributed by atoms with E-state index in [0.717, 1.165) is 35.6 Å². The number of hydrogen-bond acceptors (Lipinski definition) is 5. The van der Waals surface area contributed by atoms with Gasteiger partial charge in [-0.3, -0.25) is 0 Å². The van der Waals surface area contributed by atoms with Crippen LogP contribution in [-0.2, 0) is 0 Å². The molecule has 0 aliphatic carbocycles. The molecule has 0 bridgehead atoms. The van der Waals surface area contributed by atoms with E-state index in [2.05, 4.69) is 25.3 Å². The Morgan fingerprint density at radius 1 is 1.29 bits per heavy atom. The van der Waals surface area contributed by atoms with Gasteiger partial charge < -0.3 is 20.3 Å². The van der Waals surface area contributed by atoms with Crippen molar-refractivity contribution in [2.45, 2.75) is 25.8 Å². The van der Waals surface area contributed by atoms with Gasteiger partial charge in [0.1, 0.15) is 5.65 Å². The lowest BCUT2D eigenvalue weighted by molar-refractivity contribution is 0.0813. The van der Waals surface area contributed by atoms with E-state index in [1.54, 1.807) is 12.3 Å². The Balaban J connectivity index is 1.42. The number of aryl methyl sites for hydroxylation is 1. The third-order valence-electron chi connectivity index (χ3n) is 6.44. The molecular weight excluding hydrogens is 471 g/mol. The van der Waals surface area contributed by atoms with Crippen molar-refractivity contribution in [3.8, 4) is 11.4 Å². The quantitative estimate of drug-likeness (QED) is 0.330. The number of fused-ring (bicyclic) bond motifs is 1. The summed E-state index contributed by atoms with van der Waals surface area (Å²) in [6.45, 7) is 2.82. The van der Waals surface area contributed by atoms with Gasteiger partial charge in [0.15, 0.2) is 17.5 Å². The number of anilines is 1. The molecule has 1 aliphatic heterocycles. The Kier molecular flexibility index (Phi) is 6.25. The summed E-state index contributed by atoms with van der Waals surface area (Å²) in [4.78, 5) is 29.3. The van der Waals surface area contributed by atoms with Gasteiger partial charge in [-0.15, -0.1) is 0 Å². The summed E-state index contributed by atoms with van der Waals surface area (Å²) in [6.07, 6.45) is 4.97. The Labute approximate surface area is 206 Å². The minimum absolute atomic E-state index is 0.0588. The number of carboxylic acid groups (broad SMARTS) is 1. The second kappa shape index (κ2) is 9.50. The lowest BCUT2D eigenvalue weighted by Crippen LogP contribution is -2.44. The van der Waals surface area contributed by atoms with E-state index < -0.39 is 11.9 Å². The van der Waals surface area contributed by atoms with Crippen molar-refractivity contribution in [2.24, 2.45) is 5.92 Å². The molecule has 3 aromatic heterocycles. The van der Waals surface area contributed by atoms with Crippen LogP contribution in [0.25, 0.3) is 22.4 Å². The smallest absolute Gasteiger partial charge is 0.407 e. The summed E-state index contributed by atoms with van der Waals surface area (Å²) in [7, 11) is 0. The molecular formula is C25H24ClFN6O2. The largest absolute Gasteiger partial charge is 0.465 e. The number of halogens is 2. The third kappa shape index (κ3) is 4.64. The highest BCUT2D eigenvalue weighted by atomic mass is 35.5. The number of H-pyrrole nitrogens is 1. The number of hydrogen-bond donors (Lipinski definition) is 3. The third-order valence-corrected chi connectivity index (χ3v) is 6.64. The normalized spacial score (nSPS) is 18.1. The first-order valence-electron chi connectivity index (χ1n) is 11.4. The topological polar surface area (TPSA) is 107 Å². The van der Waals surface area contributed by atoms with Crippen LogP contribution in [0.15, 0.2) is 48.9 Å². The van der Waals surface area contributed by atoms with Crippen LogP contribution in [0.2, 0.25) is 5.02 Å². The van der Waals surface area contributed by atoms with E-state index in [9.17, 15) is 14.3 Å². The van der Waals surface area contributed by atoms with Crippen molar-refractivity contribution in [3.63, 3.8) is 0 Å². The number of piperidine rings is 1. The molecule has 8 nitrogen and oxygen atoms in total. The number of nitrogens with zero attached hydrogens (tertiary/aromatic N) is 4. The lowest BCUT2D eigenvalue weighted by atomic mass is 9.84. The number of rotatable bonds is 5. The average molecular weight is 495 g/mol. The van der Waals surface area contributed by atoms with Gasteiger partial charge in [0.25, 0.3) is 0 Å². The van der Waals surface area contributed by atoms with Crippen molar-refractivity contribution in [2.75, 3.05) is 18.4 Å². The zero-order chi connectivity index (χ0) is 24.5. The molecule has 4 aromatic rings. The van der Waals surface area contributed by atoms with Crippen molar-refractivity contribution in [1.82, 2.24) is 24.8 Å². The van der Waals surface area contributed by atoms with Crippen molar-refractivity contribution >= 4 is 34.5 Å². The Morgan fingerprint density at radius 3 is 2.86 bits per heavy atom. The van der Waals surface area contributed by atoms with Gasteiger partial charge in [-0.2, -0.15) is 0 Å². The molecule has 4 heterocycles. The molecule has 1 fully saturated rings. The lowest BCUT2D eigenvalue weighted by Gasteiger charge is -2.40. The van der Waals surface area contributed by atoms with Gasteiger partial charge in [0.05, 0.1) is 17.3 Å². The molecule has 0 spiro atoms. The van der Waals surface area contributed by atoms with Crippen LogP contribution in [0.1, 0.15) is 30.0 Å². The van der Waals surface area contributed by atoms with Crippen molar-refractivity contribution in [3.05, 3.63) is 70.9 Å². The molecule has 1 aliphatic rings. The van der Waals surface area contributed by atoms with E-state index in [0.29, 0.717) is 35.1 Å². The molecule has 10 heteroatoms. The van der Waals surface area contributed by atoms with Gasteiger partial charge in [-0.05, 0) is 31.4 Å². The SMILES string of the molecule is Cc1ccc(C2C(CNc3nc(-c4c[nH]c5ncc(Cl)cc45)ncc3F)CCCN2C(=O)O)cc1. The number of carbonyl (C=O) groups is 1. The highest BCUT2D eigenvalue weighted by Gasteiger charge is 2.35. The molecule has 35 heavy (non-hydrogen) atoms. The number of aromatic nitrogens is 4. The van der Waals surface area contributed by atoms with Gasteiger partial charge in [-0.25, -0.2) is 24.1 Å². The Morgan fingerprint density at radius 2 is 2.09 bits per heavy atom. The van der Waals surface area contributed by atoms with Crippen LogP contribution in [0.5, 0.6) is 0 Å². The molecule has 1 amide bonds. The highest BCUT2D eigenvalue weighted by Crippen LogP contribution is 2.37. The van der Waals surface area contributed by atoms with Crippen LogP contribution in [0.3, 0.4) is 0 Å². The molecule has 5 rings (SSSR count). The summed E-state index contributed by atoms with van der Waals surface area (Å²) < 4.78 is 14.7. The number of nitrogens with one attached hydrogen (secondary N) is 2. The number of likely N-dealkylation sites (tertiary alicyclic amines) is 1. The fourth-order valence-corrected chi connectivity index (χ4v) is 4.89. The van der Waals surface area contributed by atoms with Gasteiger partial charge >= 0.3 is 6.09 Å². The second-order valence-corrected chi connectivity index (χ2v) is 9.19. The molecule has 1 saturated heterocycles. The fourth-order valence-electron chi connectivity index (χ4n) is 4.73. The van der Waals surface area contributed by atoms with Crippen LogP contribution in [0.4, 0.5) is 15.0 Å². The van der Waals surface area contributed by atoms with Gasteiger partial charge in [0.2, 0.25) is 0 Å². The maximum atomic E-state index is 14.7. The van der Waals surface area contributed by atoms with E-state index in [1.165, 1.54) is 11.1 Å². The minimum Gasteiger partial charge on any atom is -0.465 e. The van der Waals surface area contributed by atoms with Gasteiger partial charge in [-0.1, -0.05) is 41.4 Å².